The van der Waals surface area contributed by atoms with Crippen molar-refractivity contribution in [2.45, 2.75) is 39.7 Å². The van der Waals surface area contributed by atoms with Crippen LogP contribution in [0.15, 0.2) is 29.3 Å². The van der Waals surface area contributed by atoms with Gasteiger partial charge < -0.3 is 10.2 Å². The fraction of sp³-hybridized carbons (Fsp3) is 0.591. The molecule has 8 heteroatoms. The zero-order valence-corrected chi connectivity index (χ0v) is 20.4. The van der Waals surface area contributed by atoms with Crippen LogP contribution in [0.4, 0.5) is 0 Å². The summed E-state index contributed by atoms with van der Waals surface area (Å²) in [6.45, 7) is 10.6. The molecule has 0 aromatic heterocycles. The van der Waals surface area contributed by atoms with Crippen LogP contribution in [0.25, 0.3) is 0 Å². The summed E-state index contributed by atoms with van der Waals surface area (Å²) < 4.78 is 0. The molecule has 2 fully saturated rings. The van der Waals surface area contributed by atoms with Gasteiger partial charge in [0, 0.05) is 58.7 Å². The lowest BCUT2D eigenvalue weighted by molar-refractivity contribution is -0.147. The van der Waals surface area contributed by atoms with Crippen molar-refractivity contribution in [2.24, 2.45) is 4.99 Å². The SMILES string of the molecule is CCNC(=NCCN1C(=O)CCCC1=O)N1CCN(Cc2cccc(C)c2)CC1.I. The minimum atomic E-state index is -0.0637. The summed E-state index contributed by atoms with van der Waals surface area (Å²) in [5.41, 5.74) is 2.66. The fourth-order valence-electron chi connectivity index (χ4n) is 3.92. The van der Waals surface area contributed by atoms with Crippen molar-refractivity contribution in [3.63, 3.8) is 0 Å². The number of aliphatic imine (C=N–C) groups is 1. The number of hydrogen-bond donors (Lipinski definition) is 1. The highest BCUT2D eigenvalue weighted by Crippen LogP contribution is 2.12. The van der Waals surface area contributed by atoms with Crippen molar-refractivity contribution in [1.29, 1.82) is 0 Å². The normalized spacial score (nSPS) is 18.4. The van der Waals surface area contributed by atoms with E-state index in [9.17, 15) is 9.59 Å². The number of hydrogen-bond acceptors (Lipinski definition) is 4. The summed E-state index contributed by atoms with van der Waals surface area (Å²) in [4.78, 5) is 34.7. The van der Waals surface area contributed by atoms with Crippen LogP contribution in [0.5, 0.6) is 0 Å². The Morgan fingerprint density at radius 1 is 1.10 bits per heavy atom. The molecule has 30 heavy (non-hydrogen) atoms. The number of imide groups is 1. The number of likely N-dealkylation sites (tertiary alicyclic amines) is 1. The van der Waals surface area contributed by atoms with E-state index in [-0.39, 0.29) is 35.8 Å². The van der Waals surface area contributed by atoms with Gasteiger partial charge in [0.25, 0.3) is 0 Å². The summed E-state index contributed by atoms with van der Waals surface area (Å²) >= 11 is 0. The van der Waals surface area contributed by atoms with Gasteiger partial charge in [0.05, 0.1) is 6.54 Å². The molecule has 0 bridgehead atoms. The van der Waals surface area contributed by atoms with Crippen molar-refractivity contribution in [3.05, 3.63) is 35.4 Å². The van der Waals surface area contributed by atoms with E-state index in [1.54, 1.807) is 0 Å². The molecule has 0 atom stereocenters. The Hall–Kier alpha value is -1.68. The van der Waals surface area contributed by atoms with Gasteiger partial charge in [0.1, 0.15) is 0 Å². The van der Waals surface area contributed by atoms with Gasteiger partial charge in [0.2, 0.25) is 11.8 Å². The molecular weight excluding hydrogens is 493 g/mol. The van der Waals surface area contributed by atoms with Gasteiger partial charge >= 0.3 is 0 Å². The number of piperazine rings is 1. The summed E-state index contributed by atoms with van der Waals surface area (Å²) in [5.74, 6) is 0.747. The van der Waals surface area contributed by atoms with Crippen molar-refractivity contribution < 1.29 is 9.59 Å². The number of amides is 2. The van der Waals surface area contributed by atoms with Crippen molar-refractivity contribution >= 4 is 41.8 Å². The number of carbonyl (C=O) groups is 2. The number of aryl methyl sites for hydroxylation is 1. The van der Waals surface area contributed by atoms with Crippen LogP contribution in [0.3, 0.4) is 0 Å². The second kappa shape index (κ2) is 12.2. The van der Waals surface area contributed by atoms with Crippen molar-refractivity contribution in [2.75, 3.05) is 45.8 Å². The Labute approximate surface area is 196 Å². The van der Waals surface area contributed by atoms with E-state index in [1.165, 1.54) is 16.0 Å². The van der Waals surface area contributed by atoms with Crippen molar-refractivity contribution in [1.82, 2.24) is 20.0 Å². The minimum absolute atomic E-state index is 0. The summed E-state index contributed by atoms with van der Waals surface area (Å²) in [6, 6.07) is 8.69. The number of halogens is 1. The maximum atomic E-state index is 11.9. The van der Waals surface area contributed by atoms with E-state index in [1.807, 2.05) is 0 Å². The van der Waals surface area contributed by atoms with Crippen LogP contribution in [-0.4, -0.2) is 78.3 Å². The number of rotatable bonds is 6. The molecule has 0 spiro atoms. The van der Waals surface area contributed by atoms with Gasteiger partial charge in [-0.15, -0.1) is 24.0 Å². The van der Waals surface area contributed by atoms with Crippen LogP contribution in [0.2, 0.25) is 0 Å². The van der Waals surface area contributed by atoms with E-state index < -0.39 is 0 Å². The Kier molecular flexibility index (Phi) is 10.0. The highest BCUT2D eigenvalue weighted by molar-refractivity contribution is 14.0. The van der Waals surface area contributed by atoms with Crippen molar-refractivity contribution in [3.8, 4) is 0 Å². The standard InChI is InChI=1S/C22H33N5O2.HI/c1-3-23-22(24-10-11-27-20(28)8-5-9-21(27)29)26-14-12-25(13-15-26)17-19-7-4-6-18(2)16-19;/h4,6-7,16H,3,5,8-15,17H2,1-2H3,(H,23,24);1H. The van der Waals surface area contributed by atoms with Gasteiger partial charge in [-0.25, -0.2) is 0 Å². The van der Waals surface area contributed by atoms with Crippen LogP contribution < -0.4 is 5.32 Å². The third-order valence-electron chi connectivity index (χ3n) is 5.46. The number of carbonyl (C=O) groups excluding carboxylic acids is 2. The Bertz CT molecular complexity index is 731. The van der Waals surface area contributed by atoms with Crippen LogP contribution in [-0.2, 0) is 16.1 Å². The van der Waals surface area contributed by atoms with Gasteiger partial charge in [-0.1, -0.05) is 29.8 Å². The molecule has 2 aliphatic rings. The smallest absolute Gasteiger partial charge is 0.229 e. The monoisotopic (exact) mass is 527 g/mol. The Balaban J connectivity index is 0.00000320. The first-order valence-electron chi connectivity index (χ1n) is 10.7. The lowest BCUT2D eigenvalue weighted by Gasteiger charge is -2.36. The largest absolute Gasteiger partial charge is 0.357 e. The van der Waals surface area contributed by atoms with E-state index in [0.29, 0.717) is 32.4 Å². The van der Waals surface area contributed by atoms with E-state index in [2.05, 4.69) is 58.2 Å². The summed E-state index contributed by atoms with van der Waals surface area (Å²) in [7, 11) is 0. The van der Waals surface area contributed by atoms with Crippen LogP contribution in [0, 0.1) is 6.92 Å². The molecule has 2 heterocycles. The first-order valence-corrected chi connectivity index (χ1v) is 10.7. The molecule has 0 unspecified atom stereocenters. The molecule has 1 aromatic rings. The van der Waals surface area contributed by atoms with Crippen LogP contribution in [0.1, 0.15) is 37.3 Å². The molecule has 2 aliphatic heterocycles. The quantitative estimate of drug-likeness (QED) is 0.266. The van der Waals surface area contributed by atoms with E-state index >= 15 is 0 Å². The van der Waals surface area contributed by atoms with E-state index in [4.69, 9.17) is 0 Å². The summed E-state index contributed by atoms with van der Waals surface area (Å²) in [6.07, 6.45) is 1.61. The first-order chi connectivity index (χ1) is 14.1. The van der Waals surface area contributed by atoms with Gasteiger partial charge in [-0.05, 0) is 25.8 Å². The van der Waals surface area contributed by atoms with Gasteiger partial charge in [-0.3, -0.25) is 24.4 Å². The summed E-state index contributed by atoms with van der Waals surface area (Å²) in [5, 5.41) is 3.35. The zero-order chi connectivity index (χ0) is 20.6. The average Bonchev–Trinajstić information content (AvgIpc) is 2.70. The maximum absolute atomic E-state index is 11.9. The van der Waals surface area contributed by atoms with Crippen LogP contribution >= 0.6 is 24.0 Å². The highest BCUT2D eigenvalue weighted by atomic mass is 127. The molecule has 0 radical (unpaired) electrons. The molecule has 2 saturated heterocycles. The van der Waals surface area contributed by atoms with E-state index in [0.717, 1.165) is 45.2 Å². The topological polar surface area (TPSA) is 68.2 Å². The zero-order valence-electron chi connectivity index (χ0n) is 18.1. The lowest BCUT2D eigenvalue weighted by atomic mass is 10.1. The second-order valence-electron chi connectivity index (χ2n) is 7.78. The molecule has 0 aliphatic carbocycles. The number of guanidine groups is 1. The number of benzene rings is 1. The van der Waals surface area contributed by atoms with Gasteiger partial charge in [0.15, 0.2) is 5.96 Å². The lowest BCUT2D eigenvalue weighted by Crippen LogP contribution is -2.52. The molecule has 7 nitrogen and oxygen atoms in total. The third-order valence-corrected chi connectivity index (χ3v) is 5.46. The predicted molar refractivity (Wildman–Crippen MR) is 130 cm³/mol. The number of piperidine rings is 1. The fourth-order valence-corrected chi connectivity index (χ4v) is 3.92. The molecule has 166 valence electrons. The second-order valence-corrected chi connectivity index (χ2v) is 7.78. The molecule has 3 rings (SSSR count). The molecule has 1 N–H and O–H groups in total. The minimum Gasteiger partial charge on any atom is -0.357 e. The highest BCUT2D eigenvalue weighted by Gasteiger charge is 2.25. The van der Waals surface area contributed by atoms with Gasteiger partial charge in [-0.2, -0.15) is 0 Å². The third kappa shape index (κ3) is 6.94. The number of nitrogens with zero attached hydrogens (tertiary/aromatic N) is 4. The predicted octanol–water partition coefficient (Wildman–Crippen LogP) is 2.24. The molecule has 1 aromatic carbocycles. The molecule has 2 amide bonds. The maximum Gasteiger partial charge on any atom is 0.229 e. The number of nitrogens with one attached hydrogen (secondary N) is 1. The Morgan fingerprint density at radius 3 is 2.43 bits per heavy atom. The molecule has 0 saturated carbocycles. The molecular formula is C22H34IN5O2. The first kappa shape index (κ1) is 24.6. The average molecular weight is 527 g/mol. The Morgan fingerprint density at radius 2 is 1.80 bits per heavy atom.